The van der Waals surface area contributed by atoms with Gasteiger partial charge in [-0.1, -0.05) is 49.0 Å². The standard InChI is InChI=1S/C10H12N4S/c1-2-15-10-13-12-9(14(10)11)8-6-4-3-5-7-8/h3-7H,2,11H2,1H3. The van der Waals surface area contributed by atoms with Gasteiger partial charge in [0.05, 0.1) is 0 Å². The molecule has 0 aliphatic rings. The van der Waals surface area contributed by atoms with Gasteiger partial charge in [-0.15, -0.1) is 10.2 Å². The Kier molecular flexibility index (Phi) is 2.91. The van der Waals surface area contributed by atoms with Crippen LogP contribution in [-0.4, -0.2) is 20.6 Å². The molecule has 0 bridgehead atoms. The highest BCUT2D eigenvalue weighted by Crippen LogP contribution is 2.20. The van der Waals surface area contributed by atoms with E-state index in [1.807, 2.05) is 30.3 Å². The molecule has 0 atom stereocenters. The van der Waals surface area contributed by atoms with Crippen LogP contribution in [0.1, 0.15) is 6.92 Å². The molecule has 2 N–H and O–H groups in total. The van der Waals surface area contributed by atoms with E-state index in [0.717, 1.165) is 16.5 Å². The lowest BCUT2D eigenvalue weighted by Crippen LogP contribution is -2.11. The Morgan fingerprint density at radius 1 is 1.27 bits per heavy atom. The molecule has 4 nitrogen and oxygen atoms in total. The molecule has 0 aliphatic heterocycles. The van der Waals surface area contributed by atoms with Crippen molar-refractivity contribution in [3.05, 3.63) is 30.3 Å². The lowest BCUT2D eigenvalue weighted by molar-refractivity contribution is 0.850. The van der Waals surface area contributed by atoms with Crippen LogP contribution >= 0.6 is 11.8 Å². The third kappa shape index (κ3) is 1.97. The molecule has 0 saturated carbocycles. The Hall–Kier alpha value is -1.49. The van der Waals surface area contributed by atoms with Crippen LogP contribution in [0.2, 0.25) is 0 Å². The van der Waals surface area contributed by atoms with Gasteiger partial charge in [0.25, 0.3) is 0 Å². The van der Waals surface area contributed by atoms with Crippen molar-refractivity contribution >= 4 is 11.8 Å². The summed E-state index contributed by atoms with van der Waals surface area (Å²) in [6, 6.07) is 9.80. The first-order chi connectivity index (χ1) is 7.33. The van der Waals surface area contributed by atoms with Gasteiger partial charge in [-0.05, 0) is 5.75 Å². The first kappa shape index (κ1) is 10.0. The van der Waals surface area contributed by atoms with Gasteiger partial charge >= 0.3 is 0 Å². The fourth-order valence-electron chi connectivity index (χ4n) is 1.29. The molecule has 1 aromatic carbocycles. The summed E-state index contributed by atoms with van der Waals surface area (Å²) in [5.74, 6) is 7.53. The second-order valence-corrected chi connectivity index (χ2v) is 4.21. The van der Waals surface area contributed by atoms with Gasteiger partial charge < -0.3 is 5.84 Å². The van der Waals surface area contributed by atoms with Crippen LogP contribution in [0, 0.1) is 0 Å². The van der Waals surface area contributed by atoms with Crippen LogP contribution < -0.4 is 5.84 Å². The maximum Gasteiger partial charge on any atom is 0.210 e. The number of hydrogen-bond donors (Lipinski definition) is 1. The smallest absolute Gasteiger partial charge is 0.210 e. The van der Waals surface area contributed by atoms with E-state index in [1.54, 1.807) is 11.8 Å². The maximum atomic E-state index is 5.89. The highest BCUT2D eigenvalue weighted by Gasteiger charge is 2.10. The number of nitrogen functional groups attached to an aromatic ring is 1. The van der Waals surface area contributed by atoms with Crippen LogP contribution in [0.3, 0.4) is 0 Å². The van der Waals surface area contributed by atoms with E-state index in [1.165, 1.54) is 4.68 Å². The van der Waals surface area contributed by atoms with E-state index in [0.29, 0.717) is 5.82 Å². The van der Waals surface area contributed by atoms with Gasteiger partial charge in [-0.2, -0.15) is 0 Å². The second-order valence-electron chi connectivity index (χ2n) is 2.98. The van der Waals surface area contributed by atoms with E-state index in [2.05, 4.69) is 17.1 Å². The molecule has 0 radical (unpaired) electrons. The second kappa shape index (κ2) is 4.35. The third-order valence-electron chi connectivity index (χ3n) is 1.97. The lowest BCUT2D eigenvalue weighted by Gasteiger charge is -2.01. The highest BCUT2D eigenvalue weighted by atomic mass is 32.2. The summed E-state index contributed by atoms with van der Waals surface area (Å²) in [5, 5.41) is 8.85. The first-order valence-corrected chi connectivity index (χ1v) is 5.70. The van der Waals surface area contributed by atoms with Crippen molar-refractivity contribution in [2.24, 2.45) is 0 Å². The summed E-state index contributed by atoms with van der Waals surface area (Å²) in [5.41, 5.74) is 0.982. The van der Waals surface area contributed by atoms with Gasteiger partial charge in [0.15, 0.2) is 5.82 Å². The summed E-state index contributed by atoms with van der Waals surface area (Å²) < 4.78 is 1.53. The van der Waals surface area contributed by atoms with Crippen molar-refractivity contribution in [2.45, 2.75) is 12.1 Å². The van der Waals surface area contributed by atoms with Crippen LogP contribution in [0.5, 0.6) is 0 Å². The van der Waals surface area contributed by atoms with E-state index < -0.39 is 0 Å². The molecular weight excluding hydrogens is 208 g/mol. The molecule has 2 rings (SSSR count). The largest absolute Gasteiger partial charge is 0.335 e. The quantitative estimate of drug-likeness (QED) is 0.632. The summed E-state index contributed by atoms with van der Waals surface area (Å²) in [4.78, 5) is 0. The Balaban J connectivity index is 2.38. The number of nitrogens with zero attached hydrogens (tertiary/aromatic N) is 3. The highest BCUT2D eigenvalue weighted by molar-refractivity contribution is 7.99. The molecule has 78 valence electrons. The van der Waals surface area contributed by atoms with Crippen LogP contribution in [0.4, 0.5) is 0 Å². The van der Waals surface area contributed by atoms with Crippen molar-refractivity contribution < 1.29 is 0 Å². The van der Waals surface area contributed by atoms with Gasteiger partial charge in [0, 0.05) is 5.56 Å². The van der Waals surface area contributed by atoms with E-state index in [-0.39, 0.29) is 0 Å². The van der Waals surface area contributed by atoms with Crippen molar-refractivity contribution in [1.82, 2.24) is 14.9 Å². The normalized spacial score (nSPS) is 10.5. The maximum absolute atomic E-state index is 5.89. The summed E-state index contributed by atoms with van der Waals surface area (Å²) in [6.45, 7) is 2.06. The Labute approximate surface area is 92.5 Å². The molecule has 0 amide bonds. The SMILES string of the molecule is CCSc1nnc(-c2ccccc2)n1N. The molecule has 0 aliphatic carbocycles. The minimum Gasteiger partial charge on any atom is -0.335 e. The van der Waals surface area contributed by atoms with Crippen molar-refractivity contribution in [2.75, 3.05) is 11.6 Å². The number of nitrogens with two attached hydrogens (primary N) is 1. The van der Waals surface area contributed by atoms with Gasteiger partial charge in [0.2, 0.25) is 5.16 Å². The van der Waals surface area contributed by atoms with Crippen LogP contribution in [-0.2, 0) is 0 Å². The summed E-state index contributed by atoms with van der Waals surface area (Å²) in [7, 11) is 0. The number of aromatic nitrogens is 3. The van der Waals surface area contributed by atoms with Gasteiger partial charge in [-0.25, -0.2) is 4.68 Å². The molecule has 0 fully saturated rings. The molecule has 1 aromatic heterocycles. The molecule has 15 heavy (non-hydrogen) atoms. The van der Waals surface area contributed by atoms with Crippen molar-refractivity contribution in [3.63, 3.8) is 0 Å². The van der Waals surface area contributed by atoms with E-state index in [4.69, 9.17) is 5.84 Å². The zero-order valence-corrected chi connectivity index (χ0v) is 9.24. The average Bonchev–Trinajstić information content (AvgIpc) is 2.63. The molecular formula is C10H12N4S. The zero-order chi connectivity index (χ0) is 10.7. The monoisotopic (exact) mass is 220 g/mol. The Morgan fingerprint density at radius 2 is 2.00 bits per heavy atom. The topological polar surface area (TPSA) is 56.7 Å². The van der Waals surface area contributed by atoms with Crippen molar-refractivity contribution in [1.29, 1.82) is 0 Å². The van der Waals surface area contributed by atoms with Crippen molar-refractivity contribution in [3.8, 4) is 11.4 Å². The lowest BCUT2D eigenvalue weighted by atomic mass is 10.2. The predicted molar refractivity (Wildman–Crippen MR) is 62.0 cm³/mol. The number of benzene rings is 1. The van der Waals surface area contributed by atoms with Gasteiger partial charge in [-0.3, -0.25) is 0 Å². The molecule has 2 aromatic rings. The summed E-state index contributed by atoms with van der Waals surface area (Å²) >= 11 is 1.58. The fourth-order valence-corrected chi connectivity index (χ4v) is 1.87. The predicted octanol–water partition coefficient (Wildman–Crippen LogP) is 1.77. The average molecular weight is 220 g/mol. The van der Waals surface area contributed by atoms with E-state index in [9.17, 15) is 0 Å². The van der Waals surface area contributed by atoms with Crippen LogP contribution in [0.25, 0.3) is 11.4 Å². The summed E-state index contributed by atoms with van der Waals surface area (Å²) in [6.07, 6.45) is 0. The molecule has 0 unspecified atom stereocenters. The fraction of sp³-hybridized carbons (Fsp3) is 0.200. The minimum atomic E-state index is 0.701. The third-order valence-corrected chi connectivity index (χ3v) is 2.80. The Bertz CT molecular complexity index is 438. The molecule has 5 heteroatoms. The molecule has 0 spiro atoms. The zero-order valence-electron chi connectivity index (χ0n) is 8.42. The minimum absolute atomic E-state index is 0.701. The molecule has 0 saturated heterocycles. The number of rotatable bonds is 3. The molecule has 1 heterocycles. The Morgan fingerprint density at radius 3 is 2.67 bits per heavy atom. The number of hydrogen-bond acceptors (Lipinski definition) is 4. The van der Waals surface area contributed by atoms with E-state index >= 15 is 0 Å². The van der Waals surface area contributed by atoms with Crippen LogP contribution in [0.15, 0.2) is 35.5 Å². The number of thioether (sulfide) groups is 1. The first-order valence-electron chi connectivity index (χ1n) is 4.71. The van der Waals surface area contributed by atoms with Gasteiger partial charge in [0.1, 0.15) is 0 Å².